The molecule has 3 rings (SSSR count). The Bertz CT molecular complexity index is 936. The normalized spacial score (nSPS) is 15.2. The van der Waals surface area contributed by atoms with Gasteiger partial charge < -0.3 is 14.5 Å². The summed E-state index contributed by atoms with van der Waals surface area (Å²) < 4.78 is 5.56. The molecule has 2 heterocycles. The van der Waals surface area contributed by atoms with Crippen LogP contribution in [0.2, 0.25) is 0 Å². The van der Waals surface area contributed by atoms with Gasteiger partial charge in [0.2, 0.25) is 5.91 Å². The molecule has 1 aromatic heterocycles. The number of aromatic nitrogens is 2. The van der Waals surface area contributed by atoms with Crippen molar-refractivity contribution in [3.63, 3.8) is 0 Å². The summed E-state index contributed by atoms with van der Waals surface area (Å²) in [6.07, 6.45) is 2.37. The summed E-state index contributed by atoms with van der Waals surface area (Å²) in [6.45, 7) is 14.2. The van der Waals surface area contributed by atoms with Crippen LogP contribution >= 0.6 is 0 Å². The number of piperazine rings is 1. The number of benzene rings is 1. The van der Waals surface area contributed by atoms with E-state index in [-0.39, 0.29) is 11.8 Å². The van der Waals surface area contributed by atoms with Crippen LogP contribution in [0.25, 0.3) is 0 Å². The fourth-order valence-corrected chi connectivity index (χ4v) is 4.31. The number of rotatable bonds is 9. The maximum Gasteiger partial charge on any atom is 0.222 e. The van der Waals surface area contributed by atoms with Gasteiger partial charge in [-0.1, -0.05) is 57.5 Å². The van der Waals surface area contributed by atoms with Crippen molar-refractivity contribution in [3.8, 4) is 0 Å². The topological polar surface area (TPSA) is 58.6 Å². The zero-order valence-electron chi connectivity index (χ0n) is 21.2. The molecule has 1 fully saturated rings. The highest BCUT2D eigenvalue weighted by atomic mass is 16.5. The Morgan fingerprint density at radius 1 is 1.12 bits per heavy atom. The highest BCUT2D eigenvalue weighted by molar-refractivity contribution is 5.76. The quantitative estimate of drug-likeness (QED) is 0.550. The molecule has 6 nitrogen and oxygen atoms in total. The number of carbonyl (C=O) groups excluding carboxylic acids is 1. The fraction of sp³-hybridized carbons (Fsp3) is 0.593. The smallest absolute Gasteiger partial charge is 0.222 e. The summed E-state index contributed by atoms with van der Waals surface area (Å²) in [5.41, 5.74) is 4.60. The lowest BCUT2D eigenvalue weighted by Gasteiger charge is -2.37. The van der Waals surface area contributed by atoms with Crippen LogP contribution in [0.1, 0.15) is 74.7 Å². The van der Waals surface area contributed by atoms with Gasteiger partial charge in [0, 0.05) is 57.6 Å². The van der Waals surface area contributed by atoms with Crippen LogP contribution in [-0.2, 0) is 22.6 Å². The van der Waals surface area contributed by atoms with E-state index in [4.69, 9.17) is 14.7 Å². The first-order chi connectivity index (χ1) is 15.8. The lowest BCUT2D eigenvalue weighted by Crippen LogP contribution is -2.49. The Kier molecular flexibility index (Phi) is 8.84. The second-order valence-corrected chi connectivity index (χ2v) is 9.70. The molecule has 2 aromatic rings. The summed E-state index contributed by atoms with van der Waals surface area (Å²) in [6, 6.07) is 8.62. The molecule has 1 saturated heterocycles. The standard InChI is InChI=1S/C27H40N4O2/c1-7-21(5)26-28-24(18-33-6)23(17-22-10-8-9-20(4)16-22)27(29-26)31-13-11-30(12-14-31)25(32)15-19(2)3/h8-10,16,19,21H,7,11-15,17-18H2,1-6H3/t21-/m1/s1. The fourth-order valence-electron chi connectivity index (χ4n) is 4.31. The van der Waals surface area contributed by atoms with Gasteiger partial charge in [-0.05, 0) is 24.8 Å². The number of carbonyl (C=O) groups is 1. The zero-order chi connectivity index (χ0) is 24.0. The third-order valence-corrected chi connectivity index (χ3v) is 6.40. The number of methoxy groups -OCH3 is 1. The molecule has 33 heavy (non-hydrogen) atoms. The van der Waals surface area contributed by atoms with Gasteiger partial charge in [0.1, 0.15) is 11.6 Å². The van der Waals surface area contributed by atoms with E-state index in [9.17, 15) is 4.79 Å². The molecule has 0 aliphatic carbocycles. The van der Waals surface area contributed by atoms with Gasteiger partial charge in [0.25, 0.3) is 0 Å². The number of anilines is 1. The van der Waals surface area contributed by atoms with E-state index in [1.54, 1.807) is 7.11 Å². The first-order valence-electron chi connectivity index (χ1n) is 12.3. The number of aryl methyl sites for hydroxylation is 1. The monoisotopic (exact) mass is 452 g/mol. The van der Waals surface area contributed by atoms with Crippen LogP contribution < -0.4 is 4.90 Å². The molecular weight excluding hydrogens is 412 g/mol. The van der Waals surface area contributed by atoms with Crippen LogP contribution in [0.5, 0.6) is 0 Å². The minimum absolute atomic E-state index is 0.257. The van der Waals surface area contributed by atoms with Crippen molar-refractivity contribution in [1.29, 1.82) is 0 Å². The maximum atomic E-state index is 12.6. The van der Waals surface area contributed by atoms with E-state index in [1.807, 2.05) is 4.90 Å². The molecule has 180 valence electrons. The largest absolute Gasteiger partial charge is 0.378 e. The van der Waals surface area contributed by atoms with E-state index < -0.39 is 0 Å². The summed E-state index contributed by atoms with van der Waals surface area (Å²) in [4.78, 5) is 27.0. The summed E-state index contributed by atoms with van der Waals surface area (Å²) in [5.74, 6) is 2.80. The average Bonchev–Trinajstić information content (AvgIpc) is 2.79. The molecule has 0 saturated carbocycles. The van der Waals surface area contributed by atoms with Crippen molar-refractivity contribution in [1.82, 2.24) is 14.9 Å². The molecule has 1 amide bonds. The molecular formula is C27H40N4O2. The van der Waals surface area contributed by atoms with Crippen LogP contribution in [0.4, 0.5) is 5.82 Å². The molecule has 1 aromatic carbocycles. The van der Waals surface area contributed by atoms with E-state index in [0.717, 1.165) is 61.9 Å². The Morgan fingerprint density at radius 3 is 2.45 bits per heavy atom. The molecule has 1 atom stereocenters. The number of nitrogens with zero attached hydrogens (tertiary/aromatic N) is 4. The number of ether oxygens (including phenoxy) is 1. The lowest BCUT2D eigenvalue weighted by molar-refractivity contribution is -0.132. The van der Waals surface area contributed by atoms with E-state index in [1.165, 1.54) is 11.1 Å². The van der Waals surface area contributed by atoms with Gasteiger partial charge in [-0.2, -0.15) is 0 Å². The number of hydrogen-bond acceptors (Lipinski definition) is 5. The predicted molar refractivity (Wildman–Crippen MR) is 134 cm³/mol. The SMILES string of the molecule is CC[C@@H](C)c1nc(COC)c(Cc2cccc(C)c2)c(N2CCN(C(=O)CC(C)C)CC2)n1. The molecule has 0 radical (unpaired) electrons. The molecule has 1 aliphatic rings. The number of hydrogen-bond donors (Lipinski definition) is 0. The van der Waals surface area contributed by atoms with Crippen molar-refractivity contribution >= 4 is 11.7 Å². The Balaban J connectivity index is 1.95. The van der Waals surface area contributed by atoms with Crippen molar-refractivity contribution in [2.24, 2.45) is 5.92 Å². The van der Waals surface area contributed by atoms with E-state index in [2.05, 4.69) is 63.8 Å². The molecule has 0 unspecified atom stereocenters. The van der Waals surface area contributed by atoms with Gasteiger partial charge in [0.05, 0.1) is 12.3 Å². The molecule has 1 aliphatic heterocycles. The first-order valence-corrected chi connectivity index (χ1v) is 12.3. The first kappa shape index (κ1) is 25.2. The summed E-state index contributed by atoms with van der Waals surface area (Å²) in [7, 11) is 1.72. The summed E-state index contributed by atoms with van der Waals surface area (Å²) >= 11 is 0. The highest BCUT2D eigenvalue weighted by Gasteiger charge is 2.26. The predicted octanol–water partition coefficient (Wildman–Crippen LogP) is 4.73. The van der Waals surface area contributed by atoms with Crippen LogP contribution in [0.15, 0.2) is 24.3 Å². The van der Waals surface area contributed by atoms with Gasteiger partial charge in [-0.25, -0.2) is 9.97 Å². The minimum atomic E-state index is 0.257. The van der Waals surface area contributed by atoms with Gasteiger partial charge in [-0.15, -0.1) is 0 Å². The Hall–Kier alpha value is -2.47. The van der Waals surface area contributed by atoms with Crippen molar-refractivity contribution in [2.45, 2.75) is 66.4 Å². The molecule has 0 bridgehead atoms. The van der Waals surface area contributed by atoms with Gasteiger partial charge >= 0.3 is 0 Å². The average molecular weight is 453 g/mol. The third-order valence-electron chi connectivity index (χ3n) is 6.40. The Morgan fingerprint density at radius 2 is 1.85 bits per heavy atom. The van der Waals surface area contributed by atoms with E-state index in [0.29, 0.717) is 18.9 Å². The maximum absolute atomic E-state index is 12.6. The van der Waals surface area contributed by atoms with Crippen LogP contribution in [0, 0.1) is 12.8 Å². The van der Waals surface area contributed by atoms with Crippen molar-refractivity contribution in [3.05, 3.63) is 52.5 Å². The van der Waals surface area contributed by atoms with Crippen LogP contribution in [-0.4, -0.2) is 54.1 Å². The van der Waals surface area contributed by atoms with Gasteiger partial charge in [-0.3, -0.25) is 4.79 Å². The second-order valence-electron chi connectivity index (χ2n) is 9.70. The van der Waals surface area contributed by atoms with E-state index >= 15 is 0 Å². The lowest BCUT2D eigenvalue weighted by atomic mass is 10.0. The molecule has 0 spiro atoms. The molecule has 0 N–H and O–H groups in total. The zero-order valence-corrected chi connectivity index (χ0v) is 21.2. The second kappa shape index (κ2) is 11.6. The van der Waals surface area contributed by atoms with Crippen molar-refractivity contribution in [2.75, 3.05) is 38.2 Å². The Labute approximate surface area is 199 Å². The highest BCUT2D eigenvalue weighted by Crippen LogP contribution is 2.29. The summed E-state index contributed by atoms with van der Waals surface area (Å²) in [5, 5.41) is 0. The van der Waals surface area contributed by atoms with Crippen LogP contribution in [0.3, 0.4) is 0 Å². The number of amides is 1. The minimum Gasteiger partial charge on any atom is -0.378 e. The molecule has 6 heteroatoms. The van der Waals surface area contributed by atoms with Gasteiger partial charge in [0.15, 0.2) is 0 Å². The van der Waals surface area contributed by atoms with Crippen molar-refractivity contribution < 1.29 is 9.53 Å². The third kappa shape index (κ3) is 6.53.